The molecular formula is C20H25NO4. The molecule has 0 radical (unpaired) electrons. The lowest BCUT2D eigenvalue weighted by atomic mass is 10.0. The van der Waals surface area contributed by atoms with Gasteiger partial charge in [-0.15, -0.1) is 0 Å². The Labute approximate surface area is 148 Å². The molecular weight excluding hydrogens is 318 g/mol. The van der Waals surface area contributed by atoms with Crippen LogP contribution in [0.3, 0.4) is 0 Å². The molecule has 5 heteroatoms. The van der Waals surface area contributed by atoms with Gasteiger partial charge in [0.2, 0.25) is 0 Å². The zero-order valence-corrected chi connectivity index (χ0v) is 15.2. The number of benzene rings is 2. The Morgan fingerprint density at radius 1 is 1.04 bits per heavy atom. The molecule has 2 aromatic carbocycles. The van der Waals surface area contributed by atoms with E-state index in [1.54, 1.807) is 18.2 Å². The van der Waals surface area contributed by atoms with Gasteiger partial charge in [-0.3, -0.25) is 4.79 Å². The van der Waals surface area contributed by atoms with Gasteiger partial charge in [0.05, 0.1) is 20.8 Å². The van der Waals surface area contributed by atoms with Gasteiger partial charge in [0, 0.05) is 0 Å². The van der Waals surface area contributed by atoms with Crippen molar-refractivity contribution >= 4 is 5.91 Å². The average molecular weight is 343 g/mol. The first-order valence-corrected chi connectivity index (χ1v) is 8.28. The van der Waals surface area contributed by atoms with E-state index in [1.165, 1.54) is 19.8 Å². The monoisotopic (exact) mass is 343 g/mol. The normalized spacial score (nSPS) is 10.4. The van der Waals surface area contributed by atoms with Crippen LogP contribution in [0, 0.1) is 0 Å². The second-order valence-corrected chi connectivity index (χ2v) is 5.87. The van der Waals surface area contributed by atoms with Gasteiger partial charge in [-0.2, -0.15) is 0 Å². The molecule has 0 unspecified atom stereocenters. The van der Waals surface area contributed by atoms with E-state index in [0.717, 1.165) is 5.75 Å². The fourth-order valence-electron chi connectivity index (χ4n) is 2.46. The Morgan fingerprint density at radius 2 is 1.68 bits per heavy atom. The van der Waals surface area contributed by atoms with Crippen molar-refractivity contribution in [1.29, 1.82) is 0 Å². The van der Waals surface area contributed by atoms with Gasteiger partial charge < -0.3 is 19.5 Å². The smallest absolute Gasteiger partial charge is 0.258 e. The number of rotatable bonds is 8. The topological polar surface area (TPSA) is 56.8 Å². The van der Waals surface area contributed by atoms with Crippen LogP contribution in [0.4, 0.5) is 0 Å². The molecule has 0 spiro atoms. The summed E-state index contributed by atoms with van der Waals surface area (Å²) in [6, 6.07) is 13.2. The van der Waals surface area contributed by atoms with Crippen molar-refractivity contribution in [2.45, 2.75) is 19.8 Å². The zero-order valence-electron chi connectivity index (χ0n) is 15.2. The number of amides is 1. The maximum atomic E-state index is 12.4. The van der Waals surface area contributed by atoms with Crippen molar-refractivity contribution in [3.8, 4) is 17.2 Å². The van der Waals surface area contributed by atoms with Crippen molar-refractivity contribution in [3.63, 3.8) is 0 Å². The average Bonchev–Trinajstić information content (AvgIpc) is 2.64. The molecule has 0 saturated carbocycles. The fourth-order valence-corrected chi connectivity index (χ4v) is 2.46. The quantitative estimate of drug-likeness (QED) is 0.744. The van der Waals surface area contributed by atoms with Gasteiger partial charge >= 0.3 is 0 Å². The third kappa shape index (κ3) is 4.89. The molecule has 2 aromatic rings. The number of ether oxygens (including phenoxy) is 3. The Kier molecular flexibility index (Phi) is 6.69. The van der Waals surface area contributed by atoms with Crippen LogP contribution < -0.4 is 19.5 Å². The van der Waals surface area contributed by atoms with E-state index in [-0.39, 0.29) is 5.91 Å². The molecule has 0 atom stereocenters. The molecule has 0 heterocycles. The number of methoxy groups -OCH3 is 2. The van der Waals surface area contributed by atoms with E-state index >= 15 is 0 Å². The summed E-state index contributed by atoms with van der Waals surface area (Å²) < 4.78 is 16.2. The molecule has 5 nitrogen and oxygen atoms in total. The van der Waals surface area contributed by atoms with Crippen LogP contribution in [0.15, 0.2) is 42.5 Å². The first-order chi connectivity index (χ1) is 12.1. The highest BCUT2D eigenvalue weighted by molar-refractivity contribution is 5.99. The van der Waals surface area contributed by atoms with Gasteiger partial charge in [-0.25, -0.2) is 0 Å². The van der Waals surface area contributed by atoms with E-state index in [9.17, 15) is 4.79 Å². The molecule has 1 amide bonds. The fraction of sp³-hybridized carbons (Fsp3) is 0.350. The van der Waals surface area contributed by atoms with E-state index in [2.05, 4.69) is 25.2 Å². The number of carbonyl (C=O) groups is 1. The lowest BCUT2D eigenvalue weighted by Crippen LogP contribution is -2.28. The molecule has 0 bridgehead atoms. The van der Waals surface area contributed by atoms with E-state index in [4.69, 9.17) is 14.2 Å². The minimum Gasteiger partial charge on any atom is -0.496 e. The second kappa shape index (κ2) is 8.97. The molecule has 0 aliphatic heterocycles. The number of hydrogen-bond acceptors (Lipinski definition) is 4. The molecule has 0 saturated heterocycles. The largest absolute Gasteiger partial charge is 0.496 e. The van der Waals surface area contributed by atoms with Crippen LogP contribution in [0.5, 0.6) is 17.2 Å². The first kappa shape index (κ1) is 18.6. The van der Waals surface area contributed by atoms with E-state index in [1.807, 2.05) is 18.2 Å². The lowest BCUT2D eigenvalue weighted by molar-refractivity contribution is 0.0940. The maximum Gasteiger partial charge on any atom is 0.258 e. The summed E-state index contributed by atoms with van der Waals surface area (Å²) in [6.07, 6.45) is 0. The van der Waals surface area contributed by atoms with Crippen LogP contribution in [0.1, 0.15) is 35.7 Å². The summed E-state index contributed by atoms with van der Waals surface area (Å²) in [5.41, 5.74) is 1.61. The van der Waals surface area contributed by atoms with Crippen molar-refractivity contribution in [1.82, 2.24) is 5.32 Å². The van der Waals surface area contributed by atoms with Gasteiger partial charge in [0.15, 0.2) is 0 Å². The predicted molar refractivity (Wildman–Crippen MR) is 97.9 cm³/mol. The van der Waals surface area contributed by atoms with Crippen molar-refractivity contribution in [3.05, 3.63) is 53.6 Å². The van der Waals surface area contributed by atoms with Gasteiger partial charge in [0.25, 0.3) is 5.91 Å². The Bertz CT molecular complexity index is 690. The summed E-state index contributed by atoms with van der Waals surface area (Å²) in [5.74, 6) is 1.94. The van der Waals surface area contributed by atoms with Crippen molar-refractivity contribution in [2.75, 3.05) is 27.4 Å². The second-order valence-electron chi connectivity index (χ2n) is 5.87. The number of carbonyl (C=O) groups excluding carboxylic acids is 1. The maximum absolute atomic E-state index is 12.4. The predicted octanol–water partition coefficient (Wildman–Crippen LogP) is 3.64. The molecule has 25 heavy (non-hydrogen) atoms. The molecule has 134 valence electrons. The number of nitrogens with one attached hydrogen (secondary N) is 1. The number of hydrogen-bond donors (Lipinski definition) is 1. The third-order valence-corrected chi connectivity index (χ3v) is 3.84. The molecule has 2 rings (SSSR count). The third-order valence-electron chi connectivity index (χ3n) is 3.84. The van der Waals surface area contributed by atoms with E-state index < -0.39 is 0 Å². The molecule has 0 aliphatic carbocycles. The van der Waals surface area contributed by atoms with Crippen molar-refractivity contribution in [2.24, 2.45) is 0 Å². The minimum atomic E-state index is -0.256. The summed E-state index contributed by atoms with van der Waals surface area (Å²) in [6.45, 7) is 5.04. The highest BCUT2D eigenvalue weighted by Crippen LogP contribution is 2.27. The highest BCUT2D eigenvalue weighted by atomic mass is 16.5. The Balaban J connectivity index is 1.92. The van der Waals surface area contributed by atoms with E-state index in [0.29, 0.717) is 36.1 Å². The minimum absolute atomic E-state index is 0.256. The zero-order chi connectivity index (χ0) is 18.2. The van der Waals surface area contributed by atoms with Gasteiger partial charge in [-0.1, -0.05) is 32.0 Å². The molecule has 0 aromatic heterocycles. The molecule has 1 N–H and O–H groups in total. The summed E-state index contributed by atoms with van der Waals surface area (Å²) >= 11 is 0. The Hall–Kier alpha value is -2.69. The standard InChI is InChI=1S/C20H25NO4/c1-14(2)15-7-5-8-16(13-15)25-12-11-21-20(22)19-17(23-3)9-6-10-18(19)24-4/h5-10,13-14H,11-12H2,1-4H3,(H,21,22). The Morgan fingerprint density at radius 3 is 2.28 bits per heavy atom. The molecule has 0 aliphatic rings. The van der Waals surface area contributed by atoms with Crippen LogP contribution in [-0.2, 0) is 0 Å². The first-order valence-electron chi connectivity index (χ1n) is 8.28. The summed E-state index contributed by atoms with van der Waals surface area (Å²) in [5, 5.41) is 2.83. The molecule has 0 fully saturated rings. The lowest BCUT2D eigenvalue weighted by Gasteiger charge is -2.13. The summed E-state index contributed by atoms with van der Waals surface area (Å²) in [4.78, 5) is 12.4. The van der Waals surface area contributed by atoms with Crippen LogP contribution >= 0.6 is 0 Å². The van der Waals surface area contributed by atoms with Crippen molar-refractivity contribution < 1.29 is 19.0 Å². The van der Waals surface area contributed by atoms with Gasteiger partial charge in [-0.05, 0) is 35.7 Å². The SMILES string of the molecule is COc1cccc(OC)c1C(=O)NCCOc1cccc(C(C)C)c1. The summed E-state index contributed by atoms with van der Waals surface area (Å²) in [7, 11) is 3.05. The van der Waals surface area contributed by atoms with Crippen LogP contribution in [0.25, 0.3) is 0 Å². The highest BCUT2D eigenvalue weighted by Gasteiger charge is 2.17. The van der Waals surface area contributed by atoms with Crippen LogP contribution in [-0.4, -0.2) is 33.3 Å². The van der Waals surface area contributed by atoms with Crippen LogP contribution in [0.2, 0.25) is 0 Å². The van der Waals surface area contributed by atoms with Gasteiger partial charge in [0.1, 0.15) is 29.4 Å².